The number of rotatable bonds is 7. The van der Waals surface area contributed by atoms with E-state index in [0.29, 0.717) is 29.4 Å². The van der Waals surface area contributed by atoms with Crippen molar-refractivity contribution in [2.24, 2.45) is 0 Å². The van der Waals surface area contributed by atoms with Crippen LogP contribution in [0.5, 0.6) is 11.5 Å². The molecule has 1 unspecified atom stereocenters. The first-order valence-electron chi connectivity index (χ1n) is 7.34. The van der Waals surface area contributed by atoms with Gasteiger partial charge in [0, 0.05) is 5.56 Å². The predicted molar refractivity (Wildman–Crippen MR) is 88.0 cm³/mol. The van der Waals surface area contributed by atoms with E-state index < -0.39 is 0 Å². The Morgan fingerprint density at radius 3 is 2.74 bits per heavy atom. The first-order valence-corrected chi connectivity index (χ1v) is 7.34. The SMILES string of the molecule is C=CCOc1ccc(C(=O)NC(C)c2ccc(C)o2)cc1OC. The van der Waals surface area contributed by atoms with Gasteiger partial charge >= 0.3 is 0 Å². The van der Waals surface area contributed by atoms with E-state index in [4.69, 9.17) is 13.9 Å². The highest BCUT2D eigenvalue weighted by Crippen LogP contribution is 2.28. The predicted octanol–water partition coefficient (Wildman–Crippen LogP) is 3.65. The molecule has 5 heteroatoms. The Hall–Kier alpha value is -2.69. The molecule has 0 aliphatic heterocycles. The van der Waals surface area contributed by atoms with Gasteiger partial charge in [-0.2, -0.15) is 0 Å². The fourth-order valence-electron chi connectivity index (χ4n) is 2.11. The van der Waals surface area contributed by atoms with Gasteiger partial charge in [0.1, 0.15) is 18.1 Å². The minimum atomic E-state index is -0.223. The van der Waals surface area contributed by atoms with Gasteiger partial charge in [-0.25, -0.2) is 0 Å². The molecule has 2 rings (SSSR count). The van der Waals surface area contributed by atoms with Gasteiger partial charge in [0.15, 0.2) is 11.5 Å². The molecule has 0 fully saturated rings. The van der Waals surface area contributed by atoms with Gasteiger partial charge in [0.05, 0.1) is 13.2 Å². The lowest BCUT2D eigenvalue weighted by Crippen LogP contribution is -2.26. The molecule has 1 aromatic heterocycles. The summed E-state index contributed by atoms with van der Waals surface area (Å²) in [5, 5.41) is 2.89. The van der Waals surface area contributed by atoms with E-state index in [1.165, 1.54) is 7.11 Å². The molecule has 5 nitrogen and oxygen atoms in total. The standard InChI is InChI=1S/C18H21NO4/c1-5-10-22-16-9-7-14(11-17(16)21-4)18(20)19-13(3)15-8-6-12(2)23-15/h5-9,11,13H,1,10H2,2-4H3,(H,19,20). The number of methoxy groups -OCH3 is 1. The highest BCUT2D eigenvalue weighted by molar-refractivity contribution is 5.95. The summed E-state index contributed by atoms with van der Waals surface area (Å²) in [6.45, 7) is 7.71. The van der Waals surface area contributed by atoms with Gasteiger partial charge in [-0.1, -0.05) is 12.7 Å². The van der Waals surface area contributed by atoms with Crippen LogP contribution in [-0.4, -0.2) is 19.6 Å². The smallest absolute Gasteiger partial charge is 0.252 e. The van der Waals surface area contributed by atoms with Crippen LogP contribution in [0.4, 0.5) is 0 Å². The van der Waals surface area contributed by atoms with Crippen molar-refractivity contribution in [2.45, 2.75) is 19.9 Å². The number of furan rings is 1. The van der Waals surface area contributed by atoms with Gasteiger partial charge in [-0.3, -0.25) is 4.79 Å². The van der Waals surface area contributed by atoms with E-state index in [0.717, 1.165) is 5.76 Å². The van der Waals surface area contributed by atoms with Crippen LogP contribution in [-0.2, 0) is 0 Å². The molecule has 1 amide bonds. The molecule has 2 aromatic rings. The minimum Gasteiger partial charge on any atom is -0.493 e. The molecule has 0 aliphatic carbocycles. The molecule has 23 heavy (non-hydrogen) atoms. The summed E-state index contributed by atoms with van der Waals surface area (Å²) in [4.78, 5) is 12.4. The molecule has 0 saturated carbocycles. The highest BCUT2D eigenvalue weighted by Gasteiger charge is 2.16. The summed E-state index contributed by atoms with van der Waals surface area (Å²) < 4.78 is 16.3. The summed E-state index contributed by atoms with van der Waals surface area (Å²) >= 11 is 0. The summed E-state index contributed by atoms with van der Waals surface area (Å²) in [5.74, 6) is 2.39. The molecule has 1 N–H and O–H groups in total. The maximum atomic E-state index is 12.4. The van der Waals surface area contributed by atoms with Crippen LogP contribution >= 0.6 is 0 Å². The average Bonchev–Trinajstić information content (AvgIpc) is 2.99. The topological polar surface area (TPSA) is 60.7 Å². The lowest BCUT2D eigenvalue weighted by molar-refractivity contribution is 0.0934. The summed E-state index contributed by atoms with van der Waals surface area (Å²) in [6, 6.07) is 8.54. The van der Waals surface area contributed by atoms with Crippen molar-refractivity contribution in [1.29, 1.82) is 0 Å². The van der Waals surface area contributed by atoms with Crippen molar-refractivity contribution in [3.05, 3.63) is 60.1 Å². The second-order valence-corrected chi connectivity index (χ2v) is 5.11. The van der Waals surface area contributed by atoms with Crippen LogP contribution in [0.1, 0.15) is 34.8 Å². The third-order valence-corrected chi connectivity index (χ3v) is 3.32. The van der Waals surface area contributed by atoms with E-state index in [1.54, 1.807) is 24.3 Å². The second-order valence-electron chi connectivity index (χ2n) is 5.11. The number of nitrogens with one attached hydrogen (secondary N) is 1. The minimum absolute atomic E-state index is 0.208. The second kappa shape index (κ2) is 7.54. The first kappa shape index (κ1) is 16.7. The Labute approximate surface area is 135 Å². The molecular weight excluding hydrogens is 294 g/mol. The van der Waals surface area contributed by atoms with Crippen molar-refractivity contribution in [3.8, 4) is 11.5 Å². The highest BCUT2D eigenvalue weighted by atomic mass is 16.5. The van der Waals surface area contributed by atoms with Crippen molar-refractivity contribution in [1.82, 2.24) is 5.32 Å². The first-order chi connectivity index (χ1) is 11.0. The number of hydrogen-bond donors (Lipinski definition) is 1. The Morgan fingerprint density at radius 2 is 2.13 bits per heavy atom. The van der Waals surface area contributed by atoms with Crippen LogP contribution < -0.4 is 14.8 Å². The number of ether oxygens (including phenoxy) is 2. The van der Waals surface area contributed by atoms with Crippen LogP contribution in [0.25, 0.3) is 0 Å². The zero-order chi connectivity index (χ0) is 16.8. The van der Waals surface area contributed by atoms with Crippen molar-refractivity contribution < 1.29 is 18.7 Å². The summed E-state index contributed by atoms with van der Waals surface area (Å²) in [7, 11) is 1.53. The lowest BCUT2D eigenvalue weighted by atomic mass is 10.1. The molecule has 1 heterocycles. The lowest BCUT2D eigenvalue weighted by Gasteiger charge is -2.14. The molecule has 0 aliphatic rings. The maximum absolute atomic E-state index is 12.4. The van der Waals surface area contributed by atoms with E-state index in [9.17, 15) is 4.79 Å². The Balaban J connectivity index is 2.11. The number of aryl methyl sites for hydroxylation is 1. The Morgan fingerprint density at radius 1 is 1.35 bits per heavy atom. The van der Waals surface area contributed by atoms with E-state index in [1.807, 2.05) is 26.0 Å². The zero-order valence-electron chi connectivity index (χ0n) is 13.6. The molecule has 122 valence electrons. The fourth-order valence-corrected chi connectivity index (χ4v) is 2.11. The largest absolute Gasteiger partial charge is 0.493 e. The zero-order valence-corrected chi connectivity index (χ0v) is 13.6. The number of carbonyl (C=O) groups excluding carboxylic acids is 1. The van der Waals surface area contributed by atoms with Crippen LogP contribution in [0.2, 0.25) is 0 Å². The van der Waals surface area contributed by atoms with Crippen molar-refractivity contribution in [2.75, 3.05) is 13.7 Å². The monoisotopic (exact) mass is 315 g/mol. The van der Waals surface area contributed by atoms with Crippen molar-refractivity contribution >= 4 is 5.91 Å². The fraction of sp³-hybridized carbons (Fsp3) is 0.278. The average molecular weight is 315 g/mol. The third-order valence-electron chi connectivity index (χ3n) is 3.32. The van der Waals surface area contributed by atoms with Gasteiger partial charge in [0.25, 0.3) is 5.91 Å². The molecule has 0 radical (unpaired) electrons. The third kappa shape index (κ3) is 4.16. The Kier molecular flexibility index (Phi) is 5.46. The van der Waals surface area contributed by atoms with E-state index in [2.05, 4.69) is 11.9 Å². The molecule has 0 spiro atoms. The number of benzene rings is 1. The molecule has 0 bridgehead atoms. The molecule has 0 saturated heterocycles. The number of amides is 1. The summed E-state index contributed by atoms with van der Waals surface area (Å²) in [5.41, 5.74) is 0.489. The van der Waals surface area contributed by atoms with Gasteiger partial charge in [-0.15, -0.1) is 0 Å². The van der Waals surface area contributed by atoms with Crippen LogP contribution in [0, 0.1) is 6.92 Å². The van der Waals surface area contributed by atoms with E-state index >= 15 is 0 Å². The quantitative estimate of drug-likeness (QED) is 0.792. The van der Waals surface area contributed by atoms with Gasteiger partial charge < -0.3 is 19.2 Å². The van der Waals surface area contributed by atoms with E-state index in [-0.39, 0.29) is 11.9 Å². The Bertz CT molecular complexity index is 690. The van der Waals surface area contributed by atoms with Crippen LogP contribution in [0.3, 0.4) is 0 Å². The molecule has 1 atom stereocenters. The van der Waals surface area contributed by atoms with Crippen LogP contribution in [0.15, 0.2) is 47.4 Å². The maximum Gasteiger partial charge on any atom is 0.252 e. The van der Waals surface area contributed by atoms with Gasteiger partial charge in [-0.05, 0) is 44.2 Å². The number of carbonyl (C=O) groups is 1. The normalized spacial score (nSPS) is 11.6. The van der Waals surface area contributed by atoms with Crippen molar-refractivity contribution in [3.63, 3.8) is 0 Å². The number of hydrogen-bond acceptors (Lipinski definition) is 4. The van der Waals surface area contributed by atoms with Gasteiger partial charge in [0.2, 0.25) is 0 Å². The summed E-state index contributed by atoms with van der Waals surface area (Å²) in [6.07, 6.45) is 1.65. The molecule has 1 aromatic carbocycles. The molecular formula is C18H21NO4.